The molecule has 3 heteroatoms. The molecule has 0 aliphatic carbocycles. The fraction of sp³-hybridized carbons (Fsp3) is 0.273. The van der Waals surface area contributed by atoms with Crippen molar-refractivity contribution in [1.82, 2.24) is 0 Å². The lowest BCUT2D eigenvalue weighted by Crippen LogP contribution is -2.16. The highest BCUT2D eigenvalue weighted by molar-refractivity contribution is 6.83. The van der Waals surface area contributed by atoms with Crippen LogP contribution in [-0.2, 0) is 0 Å². The predicted octanol–water partition coefficient (Wildman–Crippen LogP) is 3.08. The normalized spacial score (nSPS) is 10.3. The van der Waals surface area contributed by atoms with Crippen LogP contribution in [0.4, 0.5) is 10.1 Å². The maximum absolute atomic E-state index is 12.5. The highest BCUT2D eigenvalue weighted by atomic mass is 28.3. The second-order valence-corrected chi connectivity index (χ2v) is 8.88. The van der Waals surface area contributed by atoms with Crippen molar-refractivity contribution in [3.05, 3.63) is 30.1 Å². The van der Waals surface area contributed by atoms with Gasteiger partial charge in [0.2, 0.25) is 0 Å². The van der Waals surface area contributed by atoms with Gasteiger partial charge >= 0.3 is 0 Å². The van der Waals surface area contributed by atoms with Gasteiger partial charge in [0.05, 0.1) is 0 Å². The largest absolute Gasteiger partial charge is 0.315 e. The van der Waals surface area contributed by atoms with E-state index in [1.165, 1.54) is 12.1 Å². The van der Waals surface area contributed by atoms with Gasteiger partial charge in [-0.25, -0.2) is 4.39 Å². The van der Waals surface area contributed by atoms with E-state index in [0.717, 1.165) is 5.69 Å². The molecule has 1 aromatic rings. The molecule has 0 saturated carbocycles. The molecule has 1 rings (SSSR count). The molecule has 0 aliphatic rings. The van der Waals surface area contributed by atoms with E-state index in [2.05, 4.69) is 36.5 Å². The molecular weight excluding hydrogens is 193 g/mol. The Kier molecular flexibility index (Phi) is 3.31. The van der Waals surface area contributed by atoms with Gasteiger partial charge in [-0.05, 0) is 24.3 Å². The van der Waals surface area contributed by atoms with Crippen LogP contribution in [0.2, 0.25) is 19.6 Å². The summed E-state index contributed by atoms with van der Waals surface area (Å²) in [5.41, 5.74) is 4.00. The average molecular weight is 207 g/mol. The Hall–Kier alpha value is -1.27. The first-order valence-corrected chi connectivity index (χ1v) is 8.01. The van der Waals surface area contributed by atoms with Gasteiger partial charge in [-0.3, -0.25) is 0 Å². The van der Waals surface area contributed by atoms with Crippen LogP contribution in [-0.4, -0.2) is 8.07 Å². The Morgan fingerprint density at radius 1 is 1.14 bits per heavy atom. The summed E-state index contributed by atoms with van der Waals surface area (Å²) in [5.74, 6) is -0.228. The topological polar surface area (TPSA) is 12.0 Å². The number of nitrogens with one attached hydrogen (secondary N) is 1. The molecule has 0 bridgehead atoms. The van der Waals surface area contributed by atoms with Crippen LogP contribution in [0.1, 0.15) is 0 Å². The van der Waals surface area contributed by atoms with E-state index in [1.54, 1.807) is 12.1 Å². The zero-order valence-electron chi connectivity index (χ0n) is 8.69. The number of anilines is 1. The second kappa shape index (κ2) is 4.29. The molecule has 0 radical (unpaired) electrons. The van der Waals surface area contributed by atoms with Crippen molar-refractivity contribution in [2.45, 2.75) is 19.6 Å². The molecule has 0 saturated heterocycles. The summed E-state index contributed by atoms with van der Waals surface area (Å²) in [4.78, 5) is 0. The number of rotatable bonds is 1. The Morgan fingerprint density at radius 3 is 2.21 bits per heavy atom. The molecule has 1 nitrogen and oxygen atoms in total. The van der Waals surface area contributed by atoms with Crippen LogP contribution < -0.4 is 5.32 Å². The van der Waals surface area contributed by atoms with E-state index in [-0.39, 0.29) is 5.82 Å². The quantitative estimate of drug-likeness (QED) is 0.424. The van der Waals surface area contributed by atoms with Crippen molar-refractivity contribution in [1.29, 1.82) is 0 Å². The summed E-state index contributed by atoms with van der Waals surface area (Å²) in [7, 11) is -1.32. The maximum atomic E-state index is 12.5. The third-order valence-electron chi connectivity index (χ3n) is 1.49. The number of hydrogen-bond donors (Lipinski definition) is 1. The van der Waals surface area contributed by atoms with Gasteiger partial charge in [0.25, 0.3) is 0 Å². The maximum Gasteiger partial charge on any atom is 0.131 e. The van der Waals surface area contributed by atoms with Crippen LogP contribution in [0.3, 0.4) is 0 Å². The fourth-order valence-electron chi connectivity index (χ4n) is 0.824. The Balaban J connectivity index is 2.61. The van der Waals surface area contributed by atoms with Gasteiger partial charge in [0, 0.05) is 11.7 Å². The number of halogens is 1. The second-order valence-electron chi connectivity index (χ2n) is 4.13. The summed E-state index contributed by atoms with van der Waals surface area (Å²) >= 11 is 0. The van der Waals surface area contributed by atoms with Crippen LogP contribution >= 0.6 is 0 Å². The molecule has 0 heterocycles. The minimum absolute atomic E-state index is 0.228. The number of benzene rings is 1. The van der Waals surface area contributed by atoms with Gasteiger partial charge in [0.15, 0.2) is 0 Å². The Bertz CT molecular complexity index is 354. The van der Waals surface area contributed by atoms with Crippen molar-refractivity contribution >= 4 is 13.8 Å². The summed E-state index contributed by atoms with van der Waals surface area (Å²) in [6, 6.07) is 9.08. The van der Waals surface area contributed by atoms with Crippen LogP contribution in [0.5, 0.6) is 0 Å². The molecule has 0 atom stereocenters. The van der Waals surface area contributed by atoms with Crippen LogP contribution in [0.25, 0.3) is 0 Å². The van der Waals surface area contributed by atoms with Gasteiger partial charge in [0.1, 0.15) is 13.9 Å². The van der Waals surface area contributed by atoms with E-state index in [1.807, 2.05) is 0 Å². The molecule has 0 fully saturated rings. The molecule has 0 spiro atoms. The molecule has 0 amide bonds. The van der Waals surface area contributed by atoms with Crippen molar-refractivity contribution in [3.63, 3.8) is 0 Å². The monoisotopic (exact) mass is 207 g/mol. The number of hydrogen-bond acceptors (Lipinski definition) is 1. The van der Waals surface area contributed by atoms with E-state index in [9.17, 15) is 4.39 Å². The molecule has 14 heavy (non-hydrogen) atoms. The van der Waals surface area contributed by atoms with Crippen molar-refractivity contribution in [2.75, 3.05) is 5.32 Å². The third kappa shape index (κ3) is 4.10. The summed E-state index contributed by atoms with van der Waals surface area (Å²) < 4.78 is 12.5. The van der Waals surface area contributed by atoms with Crippen molar-refractivity contribution < 1.29 is 4.39 Å². The predicted molar refractivity (Wildman–Crippen MR) is 61.1 cm³/mol. The van der Waals surface area contributed by atoms with Gasteiger partial charge in [-0.2, -0.15) is 0 Å². The first-order valence-electron chi connectivity index (χ1n) is 4.51. The fourth-order valence-corrected chi connectivity index (χ4v) is 1.26. The van der Waals surface area contributed by atoms with Crippen LogP contribution in [0, 0.1) is 17.4 Å². The van der Waals surface area contributed by atoms with Crippen molar-refractivity contribution in [2.24, 2.45) is 0 Å². The minimum atomic E-state index is -1.32. The van der Waals surface area contributed by atoms with Crippen LogP contribution in [0.15, 0.2) is 24.3 Å². The molecular formula is C11H14FNSi. The summed E-state index contributed by atoms with van der Waals surface area (Å²) in [5, 5.41) is 2.94. The lowest BCUT2D eigenvalue weighted by Gasteiger charge is -2.03. The molecule has 74 valence electrons. The zero-order valence-corrected chi connectivity index (χ0v) is 9.69. The first-order chi connectivity index (χ1) is 6.47. The van der Waals surface area contributed by atoms with E-state index in [0.29, 0.717) is 0 Å². The molecule has 0 aromatic heterocycles. The standard InChI is InChI=1S/C11H14FNSi/c1-14(2,3)9-8-13-11-6-4-10(12)5-7-11/h4-7,13H,1-3H3. The summed E-state index contributed by atoms with van der Waals surface area (Å²) in [6.07, 6.45) is 0. The van der Waals surface area contributed by atoms with Gasteiger partial charge < -0.3 is 5.32 Å². The summed E-state index contributed by atoms with van der Waals surface area (Å²) in [6.45, 7) is 6.52. The molecule has 0 unspecified atom stereocenters. The lowest BCUT2D eigenvalue weighted by molar-refractivity contribution is 0.628. The molecule has 1 aromatic carbocycles. The van der Waals surface area contributed by atoms with Gasteiger partial charge in [-0.15, -0.1) is 5.54 Å². The highest BCUT2D eigenvalue weighted by Gasteiger charge is 2.07. The Labute approximate surface area is 85.4 Å². The average Bonchev–Trinajstić information content (AvgIpc) is 2.06. The van der Waals surface area contributed by atoms with E-state index in [4.69, 9.17) is 0 Å². The highest BCUT2D eigenvalue weighted by Crippen LogP contribution is 2.07. The lowest BCUT2D eigenvalue weighted by atomic mass is 10.3. The van der Waals surface area contributed by atoms with E-state index >= 15 is 0 Å². The first kappa shape index (κ1) is 10.8. The van der Waals surface area contributed by atoms with E-state index < -0.39 is 8.07 Å². The third-order valence-corrected chi connectivity index (χ3v) is 2.36. The Morgan fingerprint density at radius 2 is 1.71 bits per heavy atom. The molecule has 1 N–H and O–H groups in total. The molecule has 0 aliphatic heterocycles. The van der Waals surface area contributed by atoms with Crippen molar-refractivity contribution in [3.8, 4) is 11.6 Å². The SMILES string of the molecule is C[Si](C)(C)C#CNc1ccc(F)cc1. The zero-order chi connectivity index (χ0) is 10.6. The van der Waals surface area contributed by atoms with Gasteiger partial charge in [-0.1, -0.05) is 19.6 Å². The minimum Gasteiger partial charge on any atom is -0.315 e. The smallest absolute Gasteiger partial charge is 0.131 e.